The van der Waals surface area contributed by atoms with E-state index in [1.54, 1.807) is 6.08 Å². The minimum Gasteiger partial charge on any atom is -0.338 e. The molecule has 10 heteroatoms. The number of nitrogens with zero attached hydrogens (tertiary/aromatic N) is 3. The molecule has 0 bridgehead atoms. The molecule has 3 aliphatic rings. The largest absolute Gasteiger partial charge is 0.338 e. The van der Waals surface area contributed by atoms with Gasteiger partial charge in [-0.3, -0.25) is 14.5 Å². The topological polar surface area (TPSA) is 107 Å². The van der Waals surface area contributed by atoms with Crippen molar-refractivity contribution in [3.63, 3.8) is 0 Å². The molecule has 31 heavy (non-hydrogen) atoms. The van der Waals surface area contributed by atoms with Gasteiger partial charge in [-0.15, -0.1) is 0 Å². The molecule has 0 atom stereocenters. The number of hydrogen-bond donors (Lipinski definition) is 1. The molecule has 166 valence electrons. The van der Waals surface area contributed by atoms with E-state index in [-0.39, 0.29) is 44.5 Å². The van der Waals surface area contributed by atoms with E-state index in [4.69, 9.17) is 0 Å². The summed E-state index contributed by atoms with van der Waals surface area (Å²) in [5, 5.41) is 3.94. The zero-order valence-electron chi connectivity index (χ0n) is 17.2. The molecule has 3 fully saturated rings. The lowest BCUT2D eigenvalue weighted by atomic mass is 9.98. The highest BCUT2D eigenvalue weighted by molar-refractivity contribution is 7.92. The van der Waals surface area contributed by atoms with Gasteiger partial charge in [0.1, 0.15) is 12.1 Å². The quantitative estimate of drug-likeness (QED) is 0.679. The van der Waals surface area contributed by atoms with Crippen molar-refractivity contribution in [3.8, 4) is 0 Å². The third-order valence-corrected chi connectivity index (χ3v) is 7.74. The second kappa shape index (κ2) is 8.43. The fourth-order valence-corrected chi connectivity index (χ4v) is 5.55. The monoisotopic (exact) mass is 446 g/mol. The van der Waals surface area contributed by atoms with Crippen molar-refractivity contribution in [2.45, 2.75) is 31.2 Å². The Morgan fingerprint density at radius 1 is 1.03 bits per heavy atom. The number of imide groups is 1. The van der Waals surface area contributed by atoms with E-state index in [0.29, 0.717) is 12.8 Å². The first-order valence-electron chi connectivity index (χ1n) is 10.5. The van der Waals surface area contributed by atoms with Gasteiger partial charge in [0.2, 0.25) is 15.9 Å². The van der Waals surface area contributed by atoms with Crippen LogP contribution in [-0.2, 0) is 19.6 Å². The zero-order valence-corrected chi connectivity index (χ0v) is 18.0. The highest BCUT2D eigenvalue weighted by Crippen LogP contribution is 2.35. The van der Waals surface area contributed by atoms with Crippen LogP contribution in [0.15, 0.2) is 35.7 Å². The first kappa shape index (κ1) is 21.5. The number of amides is 4. The lowest BCUT2D eigenvalue weighted by molar-refractivity contribution is -0.139. The van der Waals surface area contributed by atoms with Gasteiger partial charge in [-0.2, -0.15) is 4.31 Å². The smallest absolute Gasteiger partial charge is 0.325 e. The third kappa shape index (κ3) is 4.35. The molecule has 0 radical (unpaired) electrons. The molecule has 0 unspecified atom stereocenters. The highest BCUT2D eigenvalue weighted by Gasteiger charge is 2.52. The van der Waals surface area contributed by atoms with Crippen molar-refractivity contribution in [3.05, 3.63) is 41.3 Å². The molecule has 4 rings (SSSR count). The van der Waals surface area contributed by atoms with Gasteiger partial charge in [0, 0.05) is 31.6 Å². The summed E-state index contributed by atoms with van der Waals surface area (Å²) < 4.78 is 26.5. The Balaban J connectivity index is 1.32. The maximum absolute atomic E-state index is 12.7. The van der Waals surface area contributed by atoms with Gasteiger partial charge < -0.3 is 10.2 Å². The van der Waals surface area contributed by atoms with Crippen LogP contribution in [0, 0.1) is 0 Å². The van der Waals surface area contributed by atoms with Crippen molar-refractivity contribution < 1.29 is 22.8 Å². The van der Waals surface area contributed by atoms with Gasteiger partial charge in [0.15, 0.2) is 0 Å². The second-order valence-electron chi connectivity index (χ2n) is 8.15. The van der Waals surface area contributed by atoms with Crippen LogP contribution in [0.2, 0.25) is 0 Å². The zero-order chi connectivity index (χ0) is 22.1. The SMILES string of the molecule is O=C(CN1C(=O)NC2(CCCC2)C1=O)N1CCN(S(=O)(=O)C=Cc2ccccc2)CC1. The van der Waals surface area contributed by atoms with E-state index >= 15 is 0 Å². The van der Waals surface area contributed by atoms with Gasteiger partial charge in [0.05, 0.1) is 0 Å². The fourth-order valence-electron chi connectivity index (χ4n) is 4.38. The summed E-state index contributed by atoms with van der Waals surface area (Å²) in [6, 6.07) is 8.62. The van der Waals surface area contributed by atoms with Crippen LogP contribution in [0.5, 0.6) is 0 Å². The Hall–Kier alpha value is -2.72. The Kier molecular flexibility index (Phi) is 5.85. The Bertz CT molecular complexity index is 994. The summed E-state index contributed by atoms with van der Waals surface area (Å²) in [6.45, 7) is 0.444. The minimum atomic E-state index is -3.60. The van der Waals surface area contributed by atoms with Crippen LogP contribution in [-0.4, -0.2) is 78.6 Å². The predicted octanol–water partition coefficient (Wildman–Crippen LogP) is 0.996. The average Bonchev–Trinajstić information content (AvgIpc) is 3.33. The third-order valence-electron chi connectivity index (χ3n) is 6.18. The van der Waals surface area contributed by atoms with E-state index < -0.39 is 21.6 Å². The van der Waals surface area contributed by atoms with Gasteiger partial charge >= 0.3 is 6.03 Å². The summed E-state index contributed by atoms with van der Waals surface area (Å²) in [6.07, 6.45) is 4.51. The summed E-state index contributed by atoms with van der Waals surface area (Å²) in [5.41, 5.74) is -0.0524. The van der Waals surface area contributed by atoms with Crippen LogP contribution < -0.4 is 5.32 Å². The van der Waals surface area contributed by atoms with Crippen LogP contribution in [0.1, 0.15) is 31.2 Å². The summed E-state index contributed by atoms with van der Waals surface area (Å²) in [4.78, 5) is 40.2. The van der Waals surface area contributed by atoms with Crippen molar-refractivity contribution in [1.29, 1.82) is 0 Å². The molecule has 1 aromatic rings. The maximum atomic E-state index is 12.7. The number of urea groups is 1. The number of nitrogens with one attached hydrogen (secondary N) is 1. The number of hydrogen-bond acceptors (Lipinski definition) is 5. The number of piperazine rings is 1. The number of benzene rings is 1. The highest BCUT2D eigenvalue weighted by atomic mass is 32.2. The Morgan fingerprint density at radius 3 is 2.32 bits per heavy atom. The fraction of sp³-hybridized carbons (Fsp3) is 0.476. The molecule has 1 aromatic carbocycles. The molecule has 1 spiro atoms. The Labute approximate surface area is 181 Å². The summed E-state index contributed by atoms with van der Waals surface area (Å²) >= 11 is 0. The lowest BCUT2D eigenvalue weighted by Crippen LogP contribution is -2.53. The van der Waals surface area contributed by atoms with E-state index in [2.05, 4.69) is 5.32 Å². The van der Waals surface area contributed by atoms with Crippen molar-refractivity contribution in [1.82, 2.24) is 19.4 Å². The molecule has 9 nitrogen and oxygen atoms in total. The molecular formula is C21H26N4O5S. The van der Waals surface area contributed by atoms with E-state index in [0.717, 1.165) is 23.3 Å². The van der Waals surface area contributed by atoms with Gasteiger partial charge in [-0.25, -0.2) is 13.2 Å². The Morgan fingerprint density at radius 2 is 1.68 bits per heavy atom. The van der Waals surface area contributed by atoms with Crippen LogP contribution in [0.3, 0.4) is 0 Å². The molecule has 0 aromatic heterocycles. The lowest BCUT2D eigenvalue weighted by Gasteiger charge is -2.34. The van der Waals surface area contributed by atoms with Gasteiger partial charge in [-0.1, -0.05) is 43.2 Å². The first-order chi connectivity index (χ1) is 14.8. The number of sulfonamides is 1. The number of rotatable bonds is 5. The normalized spacial score (nSPS) is 21.9. The van der Waals surface area contributed by atoms with Crippen molar-refractivity contribution >= 4 is 33.9 Å². The van der Waals surface area contributed by atoms with Crippen LogP contribution >= 0.6 is 0 Å². The number of carbonyl (C=O) groups is 3. The molecule has 1 aliphatic carbocycles. The maximum Gasteiger partial charge on any atom is 0.325 e. The van der Waals surface area contributed by atoms with Crippen LogP contribution in [0.25, 0.3) is 6.08 Å². The van der Waals surface area contributed by atoms with Crippen molar-refractivity contribution in [2.75, 3.05) is 32.7 Å². The van der Waals surface area contributed by atoms with E-state index in [1.165, 1.54) is 14.6 Å². The summed E-state index contributed by atoms with van der Waals surface area (Å²) in [5.74, 6) is -0.675. The molecule has 1 N–H and O–H groups in total. The van der Waals surface area contributed by atoms with E-state index in [9.17, 15) is 22.8 Å². The molecule has 1 saturated carbocycles. The molecule has 2 heterocycles. The molecule has 2 saturated heterocycles. The van der Waals surface area contributed by atoms with E-state index in [1.807, 2.05) is 30.3 Å². The van der Waals surface area contributed by atoms with Gasteiger partial charge in [-0.05, 0) is 24.5 Å². The minimum absolute atomic E-state index is 0.164. The standard InChI is InChI=1S/C21H26N4O5S/c26-18(16-25-19(27)21(22-20(25)28)9-4-5-10-21)23-11-13-24(14-12-23)31(29,30)15-8-17-6-2-1-3-7-17/h1-3,6-8,15H,4-5,9-14,16H2,(H,22,28). The van der Waals surface area contributed by atoms with Gasteiger partial charge in [0.25, 0.3) is 5.91 Å². The summed E-state index contributed by atoms with van der Waals surface area (Å²) in [7, 11) is -3.60. The second-order valence-corrected chi connectivity index (χ2v) is 9.97. The molecule has 4 amide bonds. The van der Waals surface area contributed by atoms with Crippen LogP contribution in [0.4, 0.5) is 4.79 Å². The first-order valence-corrected chi connectivity index (χ1v) is 12.0. The number of carbonyl (C=O) groups excluding carboxylic acids is 3. The average molecular weight is 447 g/mol. The predicted molar refractivity (Wildman–Crippen MR) is 114 cm³/mol. The van der Waals surface area contributed by atoms with Crippen molar-refractivity contribution in [2.24, 2.45) is 0 Å². The molecular weight excluding hydrogens is 420 g/mol. The molecule has 2 aliphatic heterocycles.